The summed E-state index contributed by atoms with van der Waals surface area (Å²) in [5.74, 6) is 5.99. The molecule has 0 unspecified atom stereocenters. The molecule has 1 aliphatic rings. The predicted octanol–water partition coefficient (Wildman–Crippen LogP) is 2.12. The van der Waals surface area contributed by atoms with Gasteiger partial charge in [-0.3, -0.25) is 9.59 Å². The van der Waals surface area contributed by atoms with E-state index in [1.807, 2.05) is 19.0 Å². The number of nitrogens with zero attached hydrogens (tertiary/aromatic N) is 4. The van der Waals surface area contributed by atoms with Crippen molar-refractivity contribution in [1.82, 2.24) is 25.1 Å². The van der Waals surface area contributed by atoms with Crippen molar-refractivity contribution in [1.29, 1.82) is 0 Å². The van der Waals surface area contributed by atoms with Crippen molar-refractivity contribution in [2.45, 2.75) is 37.8 Å². The molecule has 0 radical (unpaired) electrons. The maximum Gasteiger partial charge on any atom is 0.247 e. The molecule has 1 fully saturated rings. The number of carbonyl (C=O) groups is 2. The van der Waals surface area contributed by atoms with Crippen LogP contribution in [0.3, 0.4) is 0 Å². The molecular formula is C28H36FN7O3. The molecule has 208 valence electrons. The molecule has 1 aliphatic heterocycles. The van der Waals surface area contributed by atoms with E-state index in [-0.39, 0.29) is 30.6 Å². The molecule has 4 N–H and O–H groups in total. The van der Waals surface area contributed by atoms with Crippen molar-refractivity contribution < 1.29 is 19.1 Å². The summed E-state index contributed by atoms with van der Waals surface area (Å²) >= 11 is 0. The molecule has 2 heterocycles. The van der Waals surface area contributed by atoms with Crippen LogP contribution in [0.15, 0.2) is 42.6 Å². The van der Waals surface area contributed by atoms with Gasteiger partial charge in [-0.05, 0) is 45.6 Å². The SMILES string of the molecule is CNc1nc(Nc2cccc(F)c2)ncc1C#CCCCNC(=O)[C@]1(C)C[C@H](O)CN1C(=O)/C=C/CN(C)C. The van der Waals surface area contributed by atoms with Crippen LogP contribution in [0.5, 0.6) is 0 Å². The minimum absolute atomic E-state index is 0.118. The molecule has 3 rings (SSSR count). The Labute approximate surface area is 228 Å². The number of rotatable bonds is 10. The minimum atomic E-state index is -1.12. The fourth-order valence-electron chi connectivity index (χ4n) is 4.19. The van der Waals surface area contributed by atoms with Gasteiger partial charge in [0.1, 0.15) is 17.2 Å². The lowest BCUT2D eigenvalue weighted by atomic mass is 9.96. The lowest BCUT2D eigenvalue weighted by molar-refractivity contribution is -0.141. The Bertz CT molecular complexity index is 1260. The van der Waals surface area contributed by atoms with Gasteiger partial charge in [0.25, 0.3) is 0 Å². The van der Waals surface area contributed by atoms with Gasteiger partial charge in [-0.2, -0.15) is 4.98 Å². The molecule has 0 aliphatic carbocycles. The summed E-state index contributed by atoms with van der Waals surface area (Å²) in [4.78, 5) is 37.7. The number of likely N-dealkylation sites (tertiary alicyclic amines) is 1. The average Bonchev–Trinajstić information content (AvgIpc) is 3.21. The number of amides is 2. The summed E-state index contributed by atoms with van der Waals surface area (Å²) < 4.78 is 13.4. The Kier molecular flexibility index (Phi) is 10.4. The molecule has 0 spiro atoms. The minimum Gasteiger partial charge on any atom is -0.391 e. The lowest BCUT2D eigenvalue weighted by Gasteiger charge is -2.32. The first-order valence-corrected chi connectivity index (χ1v) is 12.8. The van der Waals surface area contributed by atoms with Gasteiger partial charge < -0.3 is 30.9 Å². The third kappa shape index (κ3) is 8.24. The van der Waals surface area contributed by atoms with E-state index in [0.29, 0.717) is 48.9 Å². The van der Waals surface area contributed by atoms with Crippen molar-refractivity contribution in [2.75, 3.05) is 51.4 Å². The van der Waals surface area contributed by atoms with Gasteiger partial charge in [-0.15, -0.1) is 0 Å². The van der Waals surface area contributed by atoms with E-state index in [0.717, 1.165) is 0 Å². The number of nitrogens with one attached hydrogen (secondary N) is 3. The van der Waals surface area contributed by atoms with Gasteiger partial charge >= 0.3 is 0 Å². The van der Waals surface area contributed by atoms with Gasteiger partial charge in [0.15, 0.2) is 0 Å². The molecule has 2 amide bonds. The third-order valence-corrected chi connectivity index (χ3v) is 6.20. The fraction of sp³-hybridized carbons (Fsp3) is 0.429. The van der Waals surface area contributed by atoms with Crippen LogP contribution in [0.25, 0.3) is 0 Å². The molecule has 10 nitrogen and oxygen atoms in total. The normalized spacial score (nSPS) is 18.6. The van der Waals surface area contributed by atoms with Crippen LogP contribution in [-0.4, -0.2) is 89.1 Å². The number of likely N-dealkylation sites (N-methyl/N-ethyl adjacent to an activating group) is 1. The van der Waals surface area contributed by atoms with Crippen molar-refractivity contribution in [3.63, 3.8) is 0 Å². The molecule has 11 heteroatoms. The van der Waals surface area contributed by atoms with E-state index in [2.05, 4.69) is 37.8 Å². The topological polar surface area (TPSA) is 123 Å². The number of aromatic nitrogens is 2. The number of β-amino-alcohol motifs (C(OH)–C–C–N with tert-alkyl or cyclic N) is 1. The Morgan fingerprint density at radius 3 is 2.87 bits per heavy atom. The van der Waals surface area contributed by atoms with E-state index < -0.39 is 11.6 Å². The quantitative estimate of drug-likeness (QED) is 0.207. The highest BCUT2D eigenvalue weighted by Gasteiger charge is 2.48. The molecule has 1 aromatic carbocycles. The Hall–Kier alpha value is -4.01. The van der Waals surface area contributed by atoms with Crippen LogP contribution < -0.4 is 16.0 Å². The zero-order valence-corrected chi connectivity index (χ0v) is 22.8. The van der Waals surface area contributed by atoms with Crippen LogP contribution in [0.4, 0.5) is 21.8 Å². The summed E-state index contributed by atoms with van der Waals surface area (Å²) in [7, 11) is 5.52. The van der Waals surface area contributed by atoms with Crippen molar-refractivity contribution in [3.8, 4) is 11.8 Å². The highest BCUT2D eigenvalue weighted by Crippen LogP contribution is 2.30. The second-order valence-corrected chi connectivity index (χ2v) is 9.75. The number of aliphatic hydroxyl groups is 1. The van der Waals surface area contributed by atoms with E-state index in [9.17, 15) is 19.1 Å². The lowest BCUT2D eigenvalue weighted by Crippen LogP contribution is -2.55. The second kappa shape index (κ2) is 13.7. The van der Waals surface area contributed by atoms with Crippen LogP contribution in [0.2, 0.25) is 0 Å². The first-order valence-electron chi connectivity index (χ1n) is 12.8. The number of aliphatic hydroxyl groups excluding tert-OH is 1. The van der Waals surface area contributed by atoms with E-state index >= 15 is 0 Å². The van der Waals surface area contributed by atoms with Crippen molar-refractivity contribution in [2.24, 2.45) is 0 Å². The van der Waals surface area contributed by atoms with Crippen LogP contribution in [0, 0.1) is 17.7 Å². The van der Waals surface area contributed by atoms with Gasteiger partial charge in [0.2, 0.25) is 17.8 Å². The largest absolute Gasteiger partial charge is 0.391 e. The van der Waals surface area contributed by atoms with E-state index in [1.165, 1.54) is 23.1 Å². The first kappa shape index (κ1) is 29.5. The molecule has 2 atom stereocenters. The Morgan fingerprint density at radius 1 is 1.36 bits per heavy atom. The monoisotopic (exact) mass is 537 g/mol. The average molecular weight is 538 g/mol. The van der Waals surface area contributed by atoms with Gasteiger partial charge in [0.05, 0.1) is 17.9 Å². The number of carbonyl (C=O) groups excluding carboxylic acids is 2. The highest BCUT2D eigenvalue weighted by atomic mass is 19.1. The summed E-state index contributed by atoms with van der Waals surface area (Å²) in [6, 6.07) is 6.02. The molecular weight excluding hydrogens is 501 g/mol. The van der Waals surface area contributed by atoms with Gasteiger partial charge in [-0.25, -0.2) is 9.37 Å². The zero-order valence-electron chi connectivity index (χ0n) is 22.8. The third-order valence-electron chi connectivity index (χ3n) is 6.20. The molecule has 1 saturated heterocycles. The van der Waals surface area contributed by atoms with Crippen molar-refractivity contribution >= 4 is 29.3 Å². The number of hydrogen-bond acceptors (Lipinski definition) is 8. The zero-order chi connectivity index (χ0) is 28.4. The summed E-state index contributed by atoms with van der Waals surface area (Å²) in [6.45, 7) is 2.78. The maximum absolute atomic E-state index is 13.4. The Morgan fingerprint density at radius 2 is 2.15 bits per heavy atom. The number of anilines is 3. The summed E-state index contributed by atoms with van der Waals surface area (Å²) in [5, 5.41) is 19.0. The fourth-order valence-corrected chi connectivity index (χ4v) is 4.19. The van der Waals surface area contributed by atoms with E-state index in [1.54, 1.807) is 38.4 Å². The van der Waals surface area contributed by atoms with E-state index in [4.69, 9.17) is 0 Å². The number of hydrogen-bond donors (Lipinski definition) is 4. The standard InChI is InChI=1S/C28H36FN7O3/c1-28(17-23(37)19-36(28)24(38)13-9-15-35(3)4)26(39)31-14-7-5-6-10-20-18-32-27(34-25(20)30-2)33-22-12-8-11-21(29)16-22/h8-9,11-13,16,18,23,37H,5,7,14-15,17,19H2,1-4H3,(H,31,39)(H2,30,32,33,34)/b13-9+/t23-,28-/m0/s1. The predicted molar refractivity (Wildman–Crippen MR) is 149 cm³/mol. The molecule has 1 aromatic heterocycles. The number of benzene rings is 1. The highest BCUT2D eigenvalue weighted by molar-refractivity contribution is 5.96. The van der Waals surface area contributed by atoms with Crippen LogP contribution >= 0.6 is 0 Å². The second-order valence-electron chi connectivity index (χ2n) is 9.75. The van der Waals surface area contributed by atoms with Crippen LogP contribution in [0.1, 0.15) is 31.7 Å². The molecule has 39 heavy (non-hydrogen) atoms. The molecule has 0 bridgehead atoms. The molecule has 0 saturated carbocycles. The van der Waals surface area contributed by atoms with Gasteiger partial charge in [0, 0.05) is 51.3 Å². The first-order chi connectivity index (χ1) is 18.6. The van der Waals surface area contributed by atoms with Gasteiger partial charge in [-0.1, -0.05) is 24.0 Å². The maximum atomic E-state index is 13.4. The molecule has 2 aromatic rings. The summed E-state index contributed by atoms with van der Waals surface area (Å²) in [5.41, 5.74) is 0.0211. The number of halogens is 1. The van der Waals surface area contributed by atoms with Crippen molar-refractivity contribution in [3.05, 3.63) is 54.0 Å². The summed E-state index contributed by atoms with van der Waals surface area (Å²) in [6.07, 6.45) is 5.32. The van der Waals surface area contributed by atoms with Crippen LogP contribution in [-0.2, 0) is 9.59 Å². The Balaban J connectivity index is 1.51. The number of unbranched alkanes of at least 4 members (excludes halogenated alkanes) is 1. The smallest absolute Gasteiger partial charge is 0.247 e.